The molecule has 0 saturated carbocycles. The molecule has 1 unspecified atom stereocenters. The lowest BCUT2D eigenvalue weighted by molar-refractivity contribution is 0.0724. The molecule has 1 amide bonds. The molecule has 0 spiro atoms. The van der Waals surface area contributed by atoms with Crippen molar-refractivity contribution in [3.05, 3.63) is 29.0 Å². The van der Waals surface area contributed by atoms with Gasteiger partial charge in [0, 0.05) is 31.6 Å². The van der Waals surface area contributed by atoms with Crippen molar-refractivity contribution in [1.29, 1.82) is 0 Å². The zero-order chi connectivity index (χ0) is 13.0. The number of aliphatic hydroxyl groups is 1. The summed E-state index contributed by atoms with van der Waals surface area (Å²) in [6.07, 6.45) is 6.69. The molecule has 0 radical (unpaired) electrons. The molecule has 1 aliphatic rings. The second kappa shape index (κ2) is 6.16. The number of pyridine rings is 1. The van der Waals surface area contributed by atoms with Crippen molar-refractivity contribution >= 4 is 17.5 Å². The molecule has 0 aromatic carbocycles. The predicted octanol–water partition coefficient (Wildman–Crippen LogP) is 2.11. The van der Waals surface area contributed by atoms with Gasteiger partial charge in [0.05, 0.1) is 10.6 Å². The molecule has 1 fully saturated rings. The van der Waals surface area contributed by atoms with Crippen LogP contribution in [0.2, 0.25) is 5.02 Å². The minimum absolute atomic E-state index is 0.0251. The van der Waals surface area contributed by atoms with Gasteiger partial charge < -0.3 is 10.0 Å². The highest BCUT2D eigenvalue weighted by atomic mass is 35.5. The van der Waals surface area contributed by atoms with Crippen molar-refractivity contribution in [2.24, 2.45) is 0 Å². The average Bonchev–Trinajstić information content (AvgIpc) is 2.84. The summed E-state index contributed by atoms with van der Waals surface area (Å²) >= 11 is 6.00. The number of rotatable bonds is 4. The van der Waals surface area contributed by atoms with E-state index in [1.54, 1.807) is 12.3 Å². The van der Waals surface area contributed by atoms with Crippen LogP contribution >= 0.6 is 11.6 Å². The summed E-state index contributed by atoms with van der Waals surface area (Å²) in [5, 5.41) is 9.28. The fraction of sp³-hybridized carbons (Fsp3) is 0.538. The number of aliphatic hydroxyl groups excluding tert-OH is 1. The van der Waals surface area contributed by atoms with E-state index >= 15 is 0 Å². The number of likely N-dealkylation sites (tertiary alicyclic amines) is 1. The molecular weight excluding hydrogens is 252 g/mol. The molecular formula is C13H17ClN2O2. The predicted molar refractivity (Wildman–Crippen MR) is 69.6 cm³/mol. The van der Waals surface area contributed by atoms with Crippen LogP contribution in [0.25, 0.3) is 0 Å². The number of halogens is 1. The first kappa shape index (κ1) is 13.3. The number of nitrogens with zero attached hydrogens (tertiary/aromatic N) is 2. The van der Waals surface area contributed by atoms with Gasteiger partial charge in [0.25, 0.3) is 5.91 Å². The molecule has 1 aromatic rings. The molecule has 0 aliphatic carbocycles. The van der Waals surface area contributed by atoms with Crippen molar-refractivity contribution < 1.29 is 9.90 Å². The lowest BCUT2D eigenvalue weighted by Crippen LogP contribution is -2.35. The molecule has 5 heteroatoms. The Morgan fingerprint density at radius 3 is 3.17 bits per heavy atom. The molecule has 1 aliphatic heterocycles. The molecule has 1 saturated heterocycles. The zero-order valence-electron chi connectivity index (χ0n) is 10.2. The highest BCUT2D eigenvalue weighted by Gasteiger charge is 2.29. The monoisotopic (exact) mass is 268 g/mol. The maximum atomic E-state index is 12.4. The summed E-state index contributed by atoms with van der Waals surface area (Å²) in [7, 11) is 0. The zero-order valence-corrected chi connectivity index (χ0v) is 10.9. The maximum absolute atomic E-state index is 12.4. The maximum Gasteiger partial charge on any atom is 0.255 e. The van der Waals surface area contributed by atoms with Crippen LogP contribution in [0, 0.1) is 0 Å². The molecule has 2 heterocycles. The normalized spacial score (nSPS) is 19.2. The van der Waals surface area contributed by atoms with Crippen LogP contribution < -0.4 is 0 Å². The van der Waals surface area contributed by atoms with Gasteiger partial charge in [-0.15, -0.1) is 0 Å². The molecule has 2 rings (SSSR count). The van der Waals surface area contributed by atoms with Crippen molar-refractivity contribution in [2.75, 3.05) is 13.2 Å². The highest BCUT2D eigenvalue weighted by Crippen LogP contribution is 2.25. The standard InChI is InChI=1S/C13H17ClN2O2/c14-12-9-15-6-5-11(12)13(18)16-7-1-3-10(16)4-2-8-17/h5-6,9-10,17H,1-4,7-8H2. The van der Waals surface area contributed by atoms with Crippen molar-refractivity contribution in [2.45, 2.75) is 31.7 Å². The largest absolute Gasteiger partial charge is 0.396 e. The van der Waals surface area contributed by atoms with Gasteiger partial charge in [-0.25, -0.2) is 0 Å². The lowest BCUT2D eigenvalue weighted by atomic mass is 10.1. The van der Waals surface area contributed by atoms with Gasteiger partial charge in [0.1, 0.15) is 0 Å². The first-order valence-corrected chi connectivity index (χ1v) is 6.63. The van der Waals surface area contributed by atoms with Crippen molar-refractivity contribution in [3.63, 3.8) is 0 Å². The van der Waals surface area contributed by atoms with E-state index in [4.69, 9.17) is 16.7 Å². The summed E-state index contributed by atoms with van der Waals surface area (Å²) in [6, 6.07) is 1.89. The number of carbonyl (C=O) groups excluding carboxylic acids is 1. The van der Waals surface area contributed by atoms with Crippen LogP contribution in [0.4, 0.5) is 0 Å². The van der Waals surface area contributed by atoms with Crippen LogP contribution in [0.3, 0.4) is 0 Å². The number of carbonyl (C=O) groups is 1. The van der Waals surface area contributed by atoms with E-state index in [9.17, 15) is 4.79 Å². The van der Waals surface area contributed by atoms with Crippen LogP contribution in [0.15, 0.2) is 18.5 Å². The van der Waals surface area contributed by atoms with Gasteiger partial charge in [-0.1, -0.05) is 11.6 Å². The minimum atomic E-state index is -0.0251. The van der Waals surface area contributed by atoms with E-state index in [0.717, 1.165) is 32.2 Å². The van der Waals surface area contributed by atoms with Crippen LogP contribution in [-0.4, -0.2) is 40.1 Å². The Kier molecular flexibility index (Phi) is 4.55. The molecule has 1 atom stereocenters. The Labute approximate surface area is 112 Å². The third-order valence-electron chi connectivity index (χ3n) is 3.34. The SMILES string of the molecule is O=C(c1ccncc1Cl)N1CCCC1CCCO. The second-order valence-corrected chi connectivity index (χ2v) is 4.92. The number of hydrogen-bond donors (Lipinski definition) is 1. The van der Waals surface area contributed by atoms with E-state index in [2.05, 4.69) is 4.98 Å². The third kappa shape index (κ3) is 2.82. The fourth-order valence-electron chi connectivity index (χ4n) is 2.43. The molecule has 1 aromatic heterocycles. The van der Waals surface area contributed by atoms with Gasteiger partial charge in [-0.3, -0.25) is 9.78 Å². The Bertz CT molecular complexity index is 425. The van der Waals surface area contributed by atoms with Gasteiger partial charge >= 0.3 is 0 Å². The van der Waals surface area contributed by atoms with Crippen molar-refractivity contribution in [1.82, 2.24) is 9.88 Å². The summed E-state index contributed by atoms with van der Waals surface area (Å²) in [4.78, 5) is 18.2. The molecule has 18 heavy (non-hydrogen) atoms. The Morgan fingerprint density at radius 2 is 2.44 bits per heavy atom. The van der Waals surface area contributed by atoms with Crippen LogP contribution in [-0.2, 0) is 0 Å². The van der Waals surface area contributed by atoms with E-state index < -0.39 is 0 Å². The molecule has 0 bridgehead atoms. The Hall–Kier alpha value is -1.13. The summed E-state index contributed by atoms with van der Waals surface area (Å²) < 4.78 is 0. The van der Waals surface area contributed by atoms with E-state index in [-0.39, 0.29) is 18.6 Å². The number of hydrogen-bond acceptors (Lipinski definition) is 3. The molecule has 1 N–H and O–H groups in total. The molecule has 4 nitrogen and oxygen atoms in total. The van der Waals surface area contributed by atoms with Crippen molar-refractivity contribution in [3.8, 4) is 0 Å². The first-order valence-electron chi connectivity index (χ1n) is 6.25. The van der Waals surface area contributed by atoms with Crippen LogP contribution in [0.5, 0.6) is 0 Å². The fourth-order valence-corrected chi connectivity index (χ4v) is 2.63. The van der Waals surface area contributed by atoms with E-state index in [1.807, 2.05) is 4.90 Å². The number of aromatic nitrogens is 1. The van der Waals surface area contributed by atoms with Gasteiger partial charge in [0.15, 0.2) is 0 Å². The van der Waals surface area contributed by atoms with Crippen LogP contribution in [0.1, 0.15) is 36.0 Å². The summed E-state index contributed by atoms with van der Waals surface area (Å²) in [6.45, 7) is 0.947. The van der Waals surface area contributed by atoms with E-state index in [1.165, 1.54) is 6.20 Å². The highest BCUT2D eigenvalue weighted by molar-refractivity contribution is 6.33. The molecule has 98 valence electrons. The lowest BCUT2D eigenvalue weighted by Gasteiger charge is -2.25. The quantitative estimate of drug-likeness (QED) is 0.910. The summed E-state index contributed by atoms with van der Waals surface area (Å²) in [5.74, 6) is -0.0251. The topological polar surface area (TPSA) is 53.4 Å². The summed E-state index contributed by atoms with van der Waals surface area (Å²) in [5.41, 5.74) is 0.516. The first-order chi connectivity index (χ1) is 8.74. The van der Waals surface area contributed by atoms with Gasteiger partial charge in [-0.05, 0) is 31.7 Å². The minimum Gasteiger partial charge on any atom is -0.396 e. The smallest absolute Gasteiger partial charge is 0.255 e. The van der Waals surface area contributed by atoms with Gasteiger partial charge in [-0.2, -0.15) is 0 Å². The third-order valence-corrected chi connectivity index (χ3v) is 3.64. The Morgan fingerprint density at radius 1 is 1.61 bits per heavy atom. The Balaban J connectivity index is 2.10. The second-order valence-electron chi connectivity index (χ2n) is 4.52. The average molecular weight is 269 g/mol. The number of amides is 1. The van der Waals surface area contributed by atoms with Gasteiger partial charge in [0.2, 0.25) is 0 Å². The van der Waals surface area contributed by atoms with E-state index in [0.29, 0.717) is 10.6 Å².